The summed E-state index contributed by atoms with van der Waals surface area (Å²) in [7, 11) is 6.35. The minimum atomic E-state index is -1.55. The van der Waals surface area contributed by atoms with Crippen molar-refractivity contribution in [1.29, 1.82) is 0 Å². The predicted molar refractivity (Wildman–Crippen MR) is 158 cm³/mol. The molecular weight excluding hydrogens is 565 g/mol. The lowest BCUT2D eigenvalue weighted by Gasteiger charge is -2.41. The summed E-state index contributed by atoms with van der Waals surface area (Å²) in [4.78, 5) is 32.6. The van der Waals surface area contributed by atoms with Crippen molar-refractivity contribution in [3.63, 3.8) is 0 Å². The fourth-order valence-corrected chi connectivity index (χ4v) is 8.73. The van der Waals surface area contributed by atoms with E-state index in [1.165, 1.54) is 51.3 Å². The fraction of sp³-hybridized carbons (Fsp3) is 0.300. The molecule has 2 saturated heterocycles. The molecule has 3 atom stereocenters. The number of carbonyl (C=O) groups is 2. The van der Waals surface area contributed by atoms with Crippen LogP contribution >= 0.6 is 24.0 Å². The number of carbonyl (C=O) groups excluding carboxylic acids is 2. The number of benzene rings is 3. The van der Waals surface area contributed by atoms with E-state index in [1.54, 1.807) is 24.1 Å². The minimum absolute atomic E-state index is 0.243. The van der Waals surface area contributed by atoms with Gasteiger partial charge in [0.25, 0.3) is 5.91 Å². The first-order chi connectivity index (χ1) is 19.7. The summed E-state index contributed by atoms with van der Waals surface area (Å²) in [6.07, 6.45) is 0. The molecule has 11 heteroatoms. The molecular formula is C30H28FN3O5S2. The minimum Gasteiger partial charge on any atom is -0.493 e. The van der Waals surface area contributed by atoms with Crippen molar-refractivity contribution in [2.75, 3.05) is 40.2 Å². The highest BCUT2D eigenvalue weighted by atomic mass is 32.2. The van der Waals surface area contributed by atoms with Gasteiger partial charge in [-0.2, -0.15) is 0 Å². The number of likely N-dealkylation sites (tertiary alicyclic amines) is 1. The van der Waals surface area contributed by atoms with E-state index in [9.17, 15) is 14.0 Å². The monoisotopic (exact) mass is 593 g/mol. The zero-order valence-corrected chi connectivity index (χ0v) is 24.5. The molecule has 0 radical (unpaired) electrons. The molecule has 0 aromatic heterocycles. The third kappa shape index (κ3) is 3.72. The van der Waals surface area contributed by atoms with E-state index < -0.39 is 27.9 Å². The van der Waals surface area contributed by atoms with Crippen molar-refractivity contribution in [2.45, 2.75) is 22.7 Å². The van der Waals surface area contributed by atoms with Crippen LogP contribution in [0.1, 0.15) is 22.6 Å². The molecule has 6 rings (SSSR count). The Morgan fingerprint density at radius 1 is 1.02 bits per heavy atom. The number of halogens is 1. The lowest BCUT2D eigenvalue weighted by atomic mass is 9.72. The van der Waals surface area contributed by atoms with Crippen molar-refractivity contribution in [2.24, 2.45) is 0 Å². The Kier molecular flexibility index (Phi) is 6.71. The first-order valence-corrected chi connectivity index (χ1v) is 14.2. The summed E-state index contributed by atoms with van der Waals surface area (Å²) < 4.78 is 30.5. The van der Waals surface area contributed by atoms with Crippen molar-refractivity contribution >= 4 is 45.8 Å². The Labute approximate surface area is 246 Å². The number of methoxy groups -OCH3 is 3. The highest BCUT2D eigenvalue weighted by Crippen LogP contribution is 2.66. The third-order valence-electron chi connectivity index (χ3n) is 8.31. The number of ether oxygens (including phenoxy) is 3. The van der Waals surface area contributed by atoms with Gasteiger partial charge < -0.3 is 19.5 Å². The molecule has 2 fully saturated rings. The number of hydrogen-bond acceptors (Lipinski definition) is 8. The summed E-state index contributed by atoms with van der Waals surface area (Å²) in [5, 5.41) is 2.93. The molecule has 2 amide bonds. The number of fused-ring (bicyclic) bond motifs is 3. The van der Waals surface area contributed by atoms with Gasteiger partial charge in [-0.15, -0.1) is 0 Å². The topological polar surface area (TPSA) is 80.3 Å². The predicted octanol–water partition coefficient (Wildman–Crippen LogP) is 4.53. The largest absolute Gasteiger partial charge is 0.493 e. The van der Waals surface area contributed by atoms with Crippen LogP contribution in [0.4, 0.5) is 10.1 Å². The first kappa shape index (κ1) is 27.5. The Bertz CT molecular complexity index is 1560. The lowest BCUT2D eigenvalue weighted by Crippen LogP contribution is -2.61. The SMILES string of the molecule is COc1cc(C2CN(C)C3(C(=O)Nc4ccc(F)cc43)C23SC(=S)N(Cc2ccccc2)C3=O)cc(OC)c1OC. The summed E-state index contributed by atoms with van der Waals surface area (Å²) >= 11 is 7.05. The normalized spacial score (nSPS) is 25.2. The van der Waals surface area contributed by atoms with E-state index in [0.717, 1.165) is 5.56 Å². The van der Waals surface area contributed by atoms with Gasteiger partial charge in [0.2, 0.25) is 11.7 Å². The smallest absolute Gasteiger partial charge is 0.251 e. The highest BCUT2D eigenvalue weighted by Gasteiger charge is 2.77. The van der Waals surface area contributed by atoms with Crippen LogP contribution in [0.25, 0.3) is 0 Å². The molecule has 3 unspecified atom stereocenters. The van der Waals surface area contributed by atoms with Gasteiger partial charge in [-0.3, -0.25) is 19.4 Å². The lowest BCUT2D eigenvalue weighted by molar-refractivity contribution is -0.138. The molecule has 0 aliphatic carbocycles. The number of anilines is 1. The maximum Gasteiger partial charge on any atom is 0.251 e. The second-order valence-corrected chi connectivity index (χ2v) is 12.1. The number of likely N-dealkylation sites (N-methyl/N-ethyl adjacent to an activating group) is 1. The van der Waals surface area contributed by atoms with E-state index in [2.05, 4.69) is 5.32 Å². The zero-order chi connectivity index (χ0) is 29.1. The van der Waals surface area contributed by atoms with Gasteiger partial charge in [0, 0.05) is 23.7 Å². The van der Waals surface area contributed by atoms with Gasteiger partial charge in [-0.25, -0.2) is 4.39 Å². The number of rotatable bonds is 6. The molecule has 2 spiro atoms. The van der Waals surface area contributed by atoms with Gasteiger partial charge in [0.1, 0.15) is 14.9 Å². The van der Waals surface area contributed by atoms with Gasteiger partial charge >= 0.3 is 0 Å². The maximum atomic E-state index is 14.9. The van der Waals surface area contributed by atoms with Crippen LogP contribution in [0, 0.1) is 5.82 Å². The average molecular weight is 594 g/mol. The molecule has 41 heavy (non-hydrogen) atoms. The second-order valence-electron chi connectivity index (χ2n) is 10.2. The van der Waals surface area contributed by atoms with Crippen LogP contribution in [-0.4, -0.2) is 65.6 Å². The third-order valence-corrected chi connectivity index (χ3v) is 10.3. The van der Waals surface area contributed by atoms with Crippen LogP contribution in [0.3, 0.4) is 0 Å². The van der Waals surface area contributed by atoms with E-state index >= 15 is 0 Å². The van der Waals surface area contributed by atoms with E-state index in [1.807, 2.05) is 35.2 Å². The van der Waals surface area contributed by atoms with Gasteiger partial charge in [-0.1, -0.05) is 54.3 Å². The molecule has 212 valence electrons. The van der Waals surface area contributed by atoms with E-state index in [0.29, 0.717) is 44.9 Å². The number of nitrogens with zero attached hydrogens (tertiary/aromatic N) is 2. The van der Waals surface area contributed by atoms with Crippen molar-refractivity contribution < 1.29 is 28.2 Å². The molecule has 0 saturated carbocycles. The van der Waals surface area contributed by atoms with Crippen molar-refractivity contribution in [3.05, 3.63) is 83.2 Å². The van der Waals surface area contributed by atoms with Crippen LogP contribution in [0.5, 0.6) is 17.2 Å². The van der Waals surface area contributed by atoms with Crippen molar-refractivity contribution in [1.82, 2.24) is 9.80 Å². The Morgan fingerprint density at radius 2 is 1.71 bits per heavy atom. The van der Waals surface area contributed by atoms with Gasteiger partial charge in [0.05, 0.1) is 27.9 Å². The van der Waals surface area contributed by atoms with Crippen LogP contribution in [0.15, 0.2) is 60.7 Å². The molecule has 3 aromatic carbocycles. The average Bonchev–Trinajstić information content (AvgIpc) is 3.52. The number of amides is 2. The van der Waals surface area contributed by atoms with Gasteiger partial charge in [0.15, 0.2) is 17.0 Å². The molecule has 1 N–H and O–H groups in total. The Morgan fingerprint density at radius 3 is 2.34 bits per heavy atom. The van der Waals surface area contributed by atoms with E-state index in [-0.39, 0.29) is 12.5 Å². The number of thioether (sulfide) groups is 1. The number of nitrogens with one attached hydrogen (secondary N) is 1. The van der Waals surface area contributed by atoms with Crippen molar-refractivity contribution in [3.8, 4) is 17.2 Å². The van der Waals surface area contributed by atoms with E-state index in [4.69, 9.17) is 26.4 Å². The summed E-state index contributed by atoms with van der Waals surface area (Å²) in [6, 6.07) is 17.3. The van der Waals surface area contributed by atoms with Crippen LogP contribution in [0.2, 0.25) is 0 Å². The standard InChI is InChI=1S/C30H28FN3O5S2/c1-33-16-21(18-12-23(37-2)25(39-4)24(13-18)38-3)30(29(33)20-14-19(31)10-11-22(20)32-26(29)35)27(36)34(28(40)41-30)15-17-8-6-5-7-9-17/h5-14,21H,15-16H2,1-4H3,(H,32,35). The quantitative estimate of drug-likeness (QED) is 0.418. The second kappa shape index (κ2) is 10.0. The molecule has 3 aliphatic rings. The molecule has 0 bridgehead atoms. The Hall–Kier alpha value is -3.67. The van der Waals surface area contributed by atoms with Crippen LogP contribution in [-0.2, 0) is 21.7 Å². The number of hydrogen-bond donors (Lipinski definition) is 1. The first-order valence-electron chi connectivity index (χ1n) is 12.9. The molecule has 3 aromatic rings. The zero-order valence-electron chi connectivity index (χ0n) is 22.9. The van der Waals surface area contributed by atoms with Crippen LogP contribution < -0.4 is 19.5 Å². The molecule has 8 nitrogen and oxygen atoms in total. The fourth-order valence-electron chi connectivity index (χ4n) is 6.60. The summed E-state index contributed by atoms with van der Waals surface area (Å²) in [5.41, 5.74) is 0.922. The summed E-state index contributed by atoms with van der Waals surface area (Å²) in [6.45, 7) is 0.537. The maximum absolute atomic E-state index is 14.9. The molecule has 3 heterocycles. The highest BCUT2D eigenvalue weighted by molar-refractivity contribution is 8.25. The molecule has 3 aliphatic heterocycles. The summed E-state index contributed by atoms with van der Waals surface area (Å²) in [5.74, 6) is -0.542. The van der Waals surface area contributed by atoms with Gasteiger partial charge in [-0.05, 0) is 48.5 Å². The number of thiocarbonyl (C=S) groups is 1. The Balaban J connectivity index is 1.61.